The number of nitrogens with one attached hydrogen (secondary N) is 2. The van der Waals surface area contributed by atoms with E-state index in [9.17, 15) is 14.4 Å². The zero-order valence-electron chi connectivity index (χ0n) is 16.7. The van der Waals surface area contributed by atoms with E-state index < -0.39 is 0 Å². The van der Waals surface area contributed by atoms with Gasteiger partial charge in [-0.2, -0.15) is 0 Å². The fourth-order valence-corrected chi connectivity index (χ4v) is 2.27. The number of anilines is 1. The van der Waals surface area contributed by atoms with Crippen LogP contribution in [0.1, 0.15) is 17.3 Å². The summed E-state index contributed by atoms with van der Waals surface area (Å²) in [7, 11) is 3.28. The van der Waals surface area contributed by atoms with Crippen molar-refractivity contribution in [3.05, 3.63) is 54.1 Å². The molecule has 0 radical (unpaired) electrons. The zero-order valence-corrected chi connectivity index (χ0v) is 16.7. The summed E-state index contributed by atoms with van der Waals surface area (Å²) in [6, 6.07) is 13.3. The maximum Gasteiger partial charge on any atom is 0.259 e. The maximum absolute atomic E-state index is 12.5. The average molecular weight is 399 g/mol. The van der Waals surface area contributed by atoms with Gasteiger partial charge in [-0.3, -0.25) is 14.4 Å². The van der Waals surface area contributed by atoms with E-state index in [0.29, 0.717) is 29.3 Å². The van der Waals surface area contributed by atoms with E-state index in [-0.39, 0.29) is 30.9 Å². The van der Waals surface area contributed by atoms with Crippen molar-refractivity contribution in [3.63, 3.8) is 0 Å². The first-order valence-electron chi connectivity index (χ1n) is 9.13. The standard InChI is InChI=1S/C21H25N3O5/c1-4-22-19(25)13-28-18-10-6-8-16(12-18)23-21(27)15-7-5-9-17(11-15)29-14-20(26)24(2)3/h5-12H,4,13-14H2,1-3H3,(H,22,25)(H,23,27). The molecular formula is C21H25N3O5. The van der Waals surface area contributed by atoms with Gasteiger partial charge in [-0.25, -0.2) is 0 Å². The van der Waals surface area contributed by atoms with E-state index in [2.05, 4.69) is 10.6 Å². The highest BCUT2D eigenvalue weighted by atomic mass is 16.5. The van der Waals surface area contributed by atoms with Crippen LogP contribution in [-0.2, 0) is 9.59 Å². The van der Waals surface area contributed by atoms with Gasteiger partial charge < -0.3 is 25.0 Å². The smallest absolute Gasteiger partial charge is 0.259 e. The lowest BCUT2D eigenvalue weighted by atomic mass is 10.2. The van der Waals surface area contributed by atoms with Gasteiger partial charge in [0.1, 0.15) is 11.5 Å². The Morgan fingerprint density at radius 1 is 0.931 bits per heavy atom. The van der Waals surface area contributed by atoms with Gasteiger partial charge in [-0.05, 0) is 37.3 Å². The Morgan fingerprint density at radius 3 is 2.28 bits per heavy atom. The Balaban J connectivity index is 1.97. The van der Waals surface area contributed by atoms with E-state index in [4.69, 9.17) is 9.47 Å². The van der Waals surface area contributed by atoms with Crippen LogP contribution in [0.4, 0.5) is 5.69 Å². The molecule has 0 atom stereocenters. The summed E-state index contributed by atoms with van der Waals surface area (Å²) in [6.45, 7) is 2.15. The molecule has 8 heteroatoms. The quantitative estimate of drug-likeness (QED) is 0.672. The van der Waals surface area contributed by atoms with Gasteiger partial charge in [-0.1, -0.05) is 12.1 Å². The third-order valence-electron chi connectivity index (χ3n) is 3.79. The van der Waals surface area contributed by atoms with Gasteiger partial charge >= 0.3 is 0 Å². The molecule has 8 nitrogen and oxygen atoms in total. The molecule has 0 unspecified atom stereocenters. The molecule has 0 heterocycles. The van der Waals surface area contributed by atoms with Crippen LogP contribution < -0.4 is 20.1 Å². The number of amides is 3. The average Bonchev–Trinajstić information content (AvgIpc) is 2.71. The van der Waals surface area contributed by atoms with Crippen molar-refractivity contribution >= 4 is 23.4 Å². The number of ether oxygens (including phenoxy) is 2. The van der Waals surface area contributed by atoms with E-state index >= 15 is 0 Å². The molecule has 2 aromatic rings. The predicted molar refractivity (Wildman–Crippen MR) is 109 cm³/mol. The van der Waals surface area contributed by atoms with Crippen LogP contribution in [0.5, 0.6) is 11.5 Å². The molecule has 0 aliphatic heterocycles. The van der Waals surface area contributed by atoms with Crippen molar-refractivity contribution in [1.82, 2.24) is 10.2 Å². The lowest BCUT2D eigenvalue weighted by Crippen LogP contribution is -2.28. The second-order valence-corrected chi connectivity index (χ2v) is 6.33. The van der Waals surface area contributed by atoms with Crippen LogP contribution >= 0.6 is 0 Å². The lowest BCUT2D eigenvalue weighted by molar-refractivity contribution is -0.130. The number of benzene rings is 2. The highest BCUT2D eigenvalue weighted by Crippen LogP contribution is 2.19. The first kappa shape index (κ1) is 21.7. The van der Waals surface area contributed by atoms with Gasteiger partial charge in [0.15, 0.2) is 13.2 Å². The van der Waals surface area contributed by atoms with E-state index in [1.54, 1.807) is 62.6 Å². The highest BCUT2D eigenvalue weighted by molar-refractivity contribution is 6.04. The summed E-state index contributed by atoms with van der Waals surface area (Å²) in [6.07, 6.45) is 0. The summed E-state index contributed by atoms with van der Waals surface area (Å²) < 4.78 is 10.9. The van der Waals surface area contributed by atoms with Crippen LogP contribution in [-0.4, -0.2) is 56.5 Å². The van der Waals surface area contributed by atoms with Crippen LogP contribution in [0, 0.1) is 0 Å². The van der Waals surface area contributed by atoms with E-state index in [1.807, 2.05) is 6.92 Å². The Morgan fingerprint density at radius 2 is 1.59 bits per heavy atom. The minimum absolute atomic E-state index is 0.101. The Kier molecular flexibility index (Phi) is 8.02. The van der Waals surface area contributed by atoms with Crippen LogP contribution in [0.15, 0.2) is 48.5 Å². The summed E-state index contributed by atoms with van der Waals surface area (Å²) in [5, 5.41) is 5.41. The number of nitrogens with zero attached hydrogens (tertiary/aromatic N) is 1. The predicted octanol–water partition coefficient (Wildman–Crippen LogP) is 1.92. The number of carbonyl (C=O) groups excluding carboxylic acids is 3. The summed E-state index contributed by atoms with van der Waals surface area (Å²) >= 11 is 0. The number of hydrogen-bond acceptors (Lipinski definition) is 5. The third kappa shape index (κ3) is 7.17. The molecular weight excluding hydrogens is 374 g/mol. The molecule has 2 rings (SSSR count). The first-order chi connectivity index (χ1) is 13.9. The van der Waals surface area contributed by atoms with Gasteiger partial charge in [-0.15, -0.1) is 0 Å². The molecule has 29 heavy (non-hydrogen) atoms. The van der Waals surface area contributed by atoms with E-state index in [1.165, 1.54) is 4.90 Å². The minimum Gasteiger partial charge on any atom is -0.484 e. The van der Waals surface area contributed by atoms with Crippen LogP contribution in [0.25, 0.3) is 0 Å². The van der Waals surface area contributed by atoms with Crippen molar-refractivity contribution in [1.29, 1.82) is 0 Å². The number of likely N-dealkylation sites (N-methyl/N-ethyl adjacent to an activating group) is 2. The molecule has 2 aromatic carbocycles. The van der Waals surface area contributed by atoms with Crippen LogP contribution in [0.3, 0.4) is 0 Å². The monoisotopic (exact) mass is 399 g/mol. The largest absolute Gasteiger partial charge is 0.484 e. The SMILES string of the molecule is CCNC(=O)COc1cccc(NC(=O)c2cccc(OCC(=O)N(C)C)c2)c1. The molecule has 154 valence electrons. The summed E-state index contributed by atoms with van der Waals surface area (Å²) in [5.74, 6) is 0.159. The maximum atomic E-state index is 12.5. The van der Waals surface area contributed by atoms with Gasteiger partial charge in [0.2, 0.25) is 0 Å². The Hall–Kier alpha value is -3.55. The molecule has 0 fully saturated rings. The summed E-state index contributed by atoms with van der Waals surface area (Å²) in [4.78, 5) is 37.1. The molecule has 0 aliphatic carbocycles. The third-order valence-corrected chi connectivity index (χ3v) is 3.79. The van der Waals surface area contributed by atoms with Crippen molar-refractivity contribution < 1.29 is 23.9 Å². The van der Waals surface area contributed by atoms with E-state index in [0.717, 1.165) is 0 Å². The van der Waals surface area contributed by atoms with Gasteiger partial charge in [0.05, 0.1) is 0 Å². The van der Waals surface area contributed by atoms with Gasteiger partial charge in [0.25, 0.3) is 17.7 Å². The van der Waals surface area contributed by atoms with Crippen molar-refractivity contribution in [2.75, 3.05) is 39.2 Å². The van der Waals surface area contributed by atoms with Crippen molar-refractivity contribution in [2.45, 2.75) is 6.92 Å². The first-order valence-corrected chi connectivity index (χ1v) is 9.13. The fourth-order valence-electron chi connectivity index (χ4n) is 2.27. The van der Waals surface area contributed by atoms with Crippen molar-refractivity contribution in [2.24, 2.45) is 0 Å². The number of rotatable bonds is 9. The molecule has 0 saturated heterocycles. The molecule has 0 bridgehead atoms. The molecule has 0 aliphatic rings. The minimum atomic E-state index is -0.338. The lowest BCUT2D eigenvalue weighted by Gasteiger charge is -2.12. The molecule has 0 spiro atoms. The second-order valence-electron chi connectivity index (χ2n) is 6.33. The molecule has 2 N–H and O–H groups in total. The molecule has 0 saturated carbocycles. The Bertz CT molecular complexity index is 867. The summed E-state index contributed by atoms with van der Waals surface area (Å²) in [5.41, 5.74) is 0.908. The van der Waals surface area contributed by atoms with Gasteiger partial charge in [0, 0.05) is 38.0 Å². The zero-order chi connectivity index (χ0) is 21.2. The Labute approximate surface area is 169 Å². The number of hydrogen-bond donors (Lipinski definition) is 2. The van der Waals surface area contributed by atoms with Crippen LogP contribution in [0.2, 0.25) is 0 Å². The molecule has 0 aromatic heterocycles. The van der Waals surface area contributed by atoms with Crippen molar-refractivity contribution in [3.8, 4) is 11.5 Å². The highest BCUT2D eigenvalue weighted by Gasteiger charge is 2.10. The molecule has 3 amide bonds. The number of carbonyl (C=O) groups is 3. The second kappa shape index (κ2) is 10.7. The fraction of sp³-hybridized carbons (Fsp3) is 0.286. The topological polar surface area (TPSA) is 97.0 Å². The normalized spacial score (nSPS) is 10.0.